The SMILES string of the molecule is CCCS[C@H]([C@H](OC(C)=O)c1ccccc1F)[N+](=O)[O-]. The number of benzene rings is 1. The predicted octanol–water partition coefficient (Wildman–Crippen LogP) is 3.18. The highest BCUT2D eigenvalue weighted by molar-refractivity contribution is 7.99. The standard InChI is InChI=1S/C13H16FNO4S/c1-3-8-20-13(15(17)18)12(19-9(2)16)10-6-4-5-7-11(10)14/h4-7,12-13H,3,8H2,1-2H3/t12-,13-/m1/s1. The van der Waals surface area contributed by atoms with Gasteiger partial charge in [-0.15, -0.1) is 0 Å². The lowest BCUT2D eigenvalue weighted by atomic mass is 10.1. The molecule has 0 N–H and O–H groups in total. The average Bonchev–Trinajstić information content (AvgIpc) is 2.37. The number of hydrogen-bond acceptors (Lipinski definition) is 5. The second-order valence-corrected chi connectivity index (χ2v) is 5.32. The van der Waals surface area contributed by atoms with Gasteiger partial charge in [0, 0.05) is 17.4 Å². The quantitative estimate of drug-likeness (QED) is 0.335. The Balaban J connectivity index is 3.12. The Bertz CT molecular complexity index is 483. The number of halogens is 1. The molecular weight excluding hydrogens is 285 g/mol. The normalized spacial score (nSPS) is 13.6. The lowest BCUT2D eigenvalue weighted by Gasteiger charge is -2.21. The highest BCUT2D eigenvalue weighted by Gasteiger charge is 2.37. The molecule has 0 radical (unpaired) electrons. The summed E-state index contributed by atoms with van der Waals surface area (Å²) < 4.78 is 18.8. The molecule has 0 saturated heterocycles. The molecule has 2 atom stereocenters. The first-order chi connectivity index (χ1) is 9.47. The fourth-order valence-electron chi connectivity index (χ4n) is 1.66. The summed E-state index contributed by atoms with van der Waals surface area (Å²) in [7, 11) is 0. The Morgan fingerprint density at radius 1 is 1.50 bits per heavy atom. The van der Waals surface area contributed by atoms with Crippen LogP contribution in [0.1, 0.15) is 31.9 Å². The molecule has 1 aromatic carbocycles. The molecule has 1 aromatic rings. The van der Waals surface area contributed by atoms with E-state index in [1.54, 1.807) is 6.07 Å². The molecule has 0 bridgehead atoms. The summed E-state index contributed by atoms with van der Waals surface area (Å²) in [6.45, 7) is 3.03. The van der Waals surface area contributed by atoms with Gasteiger partial charge in [-0.25, -0.2) is 4.39 Å². The second-order valence-electron chi connectivity index (χ2n) is 4.10. The van der Waals surface area contributed by atoms with Gasteiger partial charge in [-0.05, 0) is 18.2 Å². The number of thioether (sulfide) groups is 1. The van der Waals surface area contributed by atoms with Crippen LogP contribution in [0.25, 0.3) is 0 Å². The van der Waals surface area contributed by atoms with E-state index in [2.05, 4.69) is 0 Å². The van der Waals surface area contributed by atoms with Crippen molar-refractivity contribution >= 4 is 17.7 Å². The highest BCUT2D eigenvalue weighted by Crippen LogP contribution is 2.32. The lowest BCUT2D eigenvalue weighted by molar-refractivity contribution is -0.507. The van der Waals surface area contributed by atoms with Gasteiger partial charge in [0.2, 0.25) is 6.10 Å². The number of nitrogens with zero attached hydrogens (tertiary/aromatic N) is 1. The Morgan fingerprint density at radius 3 is 2.65 bits per heavy atom. The maximum atomic E-state index is 13.8. The van der Waals surface area contributed by atoms with Gasteiger partial charge in [0.05, 0.1) is 0 Å². The molecule has 1 rings (SSSR count). The molecule has 20 heavy (non-hydrogen) atoms. The summed E-state index contributed by atoms with van der Waals surface area (Å²) in [5, 5.41) is 9.96. The van der Waals surface area contributed by atoms with E-state index in [-0.39, 0.29) is 5.56 Å². The van der Waals surface area contributed by atoms with Gasteiger partial charge in [-0.2, -0.15) is 0 Å². The van der Waals surface area contributed by atoms with E-state index in [0.29, 0.717) is 5.75 Å². The smallest absolute Gasteiger partial charge is 0.303 e. The summed E-state index contributed by atoms with van der Waals surface area (Å²) >= 11 is 1.04. The van der Waals surface area contributed by atoms with E-state index in [4.69, 9.17) is 4.74 Å². The lowest BCUT2D eigenvalue weighted by Crippen LogP contribution is -2.29. The first kappa shape index (κ1) is 16.4. The minimum Gasteiger partial charge on any atom is -0.449 e. The molecule has 0 fully saturated rings. The minimum atomic E-state index is -1.24. The van der Waals surface area contributed by atoms with Crippen LogP contribution in [-0.2, 0) is 9.53 Å². The van der Waals surface area contributed by atoms with Crippen LogP contribution in [0.2, 0.25) is 0 Å². The van der Waals surface area contributed by atoms with E-state index in [9.17, 15) is 19.3 Å². The van der Waals surface area contributed by atoms with Gasteiger partial charge >= 0.3 is 5.97 Å². The summed E-state index contributed by atoms with van der Waals surface area (Å²) in [6.07, 6.45) is -0.501. The van der Waals surface area contributed by atoms with Crippen LogP contribution in [-0.4, -0.2) is 22.0 Å². The Labute approximate surface area is 120 Å². The van der Waals surface area contributed by atoms with Gasteiger partial charge in [-0.3, -0.25) is 14.9 Å². The third kappa shape index (κ3) is 4.48. The molecule has 0 spiro atoms. The molecule has 0 aliphatic heterocycles. The topological polar surface area (TPSA) is 69.4 Å². The van der Waals surface area contributed by atoms with Gasteiger partial charge < -0.3 is 4.74 Å². The van der Waals surface area contributed by atoms with E-state index >= 15 is 0 Å². The average molecular weight is 301 g/mol. The van der Waals surface area contributed by atoms with Crippen LogP contribution in [0.5, 0.6) is 0 Å². The van der Waals surface area contributed by atoms with Crippen LogP contribution in [0.15, 0.2) is 24.3 Å². The van der Waals surface area contributed by atoms with Crippen molar-refractivity contribution in [2.45, 2.75) is 31.7 Å². The monoisotopic (exact) mass is 301 g/mol. The zero-order valence-corrected chi connectivity index (χ0v) is 12.1. The van der Waals surface area contributed by atoms with Crippen molar-refractivity contribution in [3.8, 4) is 0 Å². The molecule has 7 heteroatoms. The zero-order chi connectivity index (χ0) is 15.1. The number of nitro groups is 1. The van der Waals surface area contributed by atoms with Crippen molar-refractivity contribution < 1.29 is 18.8 Å². The van der Waals surface area contributed by atoms with Crippen molar-refractivity contribution in [3.63, 3.8) is 0 Å². The molecule has 5 nitrogen and oxygen atoms in total. The van der Waals surface area contributed by atoms with E-state index in [1.807, 2.05) is 6.92 Å². The van der Waals surface area contributed by atoms with Crippen molar-refractivity contribution in [3.05, 3.63) is 45.8 Å². The van der Waals surface area contributed by atoms with Gasteiger partial charge in [0.1, 0.15) is 5.82 Å². The third-order valence-electron chi connectivity index (χ3n) is 2.46. The van der Waals surface area contributed by atoms with E-state index in [0.717, 1.165) is 25.1 Å². The second kappa shape index (κ2) is 7.84. The third-order valence-corrected chi connectivity index (χ3v) is 3.87. The molecule has 110 valence electrons. The molecule has 0 heterocycles. The molecule has 0 aliphatic carbocycles. The number of ether oxygens (including phenoxy) is 1. The number of esters is 1. The van der Waals surface area contributed by atoms with E-state index in [1.165, 1.54) is 18.2 Å². The Kier molecular flexibility index (Phi) is 6.44. The molecule has 0 unspecified atom stereocenters. The number of hydrogen-bond donors (Lipinski definition) is 0. The number of rotatable bonds is 7. The summed E-state index contributed by atoms with van der Waals surface area (Å²) in [6, 6.07) is 5.61. The fourth-order valence-corrected chi connectivity index (χ4v) is 2.63. The van der Waals surface area contributed by atoms with Crippen LogP contribution in [0.4, 0.5) is 4.39 Å². The zero-order valence-electron chi connectivity index (χ0n) is 11.2. The van der Waals surface area contributed by atoms with Crippen molar-refractivity contribution in [1.29, 1.82) is 0 Å². The summed E-state index contributed by atoms with van der Waals surface area (Å²) in [5.74, 6) is -0.775. The van der Waals surface area contributed by atoms with Crippen LogP contribution < -0.4 is 0 Å². The molecule has 0 amide bonds. The summed E-state index contributed by atoms with van der Waals surface area (Å²) in [4.78, 5) is 21.8. The van der Waals surface area contributed by atoms with Crippen molar-refractivity contribution in [2.75, 3.05) is 5.75 Å². The Hall–Kier alpha value is -1.63. The van der Waals surface area contributed by atoms with Crippen molar-refractivity contribution in [1.82, 2.24) is 0 Å². The van der Waals surface area contributed by atoms with Crippen LogP contribution >= 0.6 is 11.8 Å². The Morgan fingerprint density at radius 2 is 2.15 bits per heavy atom. The molecular formula is C13H16FNO4S. The molecule has 0 aliphatic rings. The molecule has 0 aromatic heterocycles. The number of carbonyl (C=O) groups is 1. The summed E-state index contributed by atoms with van der Waals surface area (Å²) in [5.41, 5.74) is 0.0213. The van der Waals surface area contributed by atoms with Crippen LogP contribution in [0, 0.1) is 15.9 Å². The fraction of sp³-hybridized carbons (Fsp3) is 0.462. The highest BCUT2D eigenvalue weighted by atomic mass is 32.2. The van der Waals surface area contributed by atoms with Crippen molar-refractivity contribution in [2.24, 2.45) is 0 Å². The van der Waals surface area contributed by atoms with Gasteiger partial charge in [-0.1, -0.05) is 36.9 Å². The van der Waals surface area contributed by atoms with E-state index < -0.39 is 28.2 Å². The van der Waals surface area contributed by atoms with Crippen LogP contribution in [0.3, 0.4) is 0 Å². The maximum absolute atomic E-state index is 13.8. The first-order valence-electron chi connectivity index (χ1n) is 6.14. The maximum Gasteiger partial charge on any atom is 0.303 e. The first-order valence-corrected chi connectivity index (χ1v) is 7.19. The number of carbonyl (C=O) groups excluding carboxylic acids is 1. The predicted molar refractivity (Wildman–Crippen MR) is 74.4 cm³/mol. The minimum absolute atomic E-state index is 0.0213. The van der Waals surface area contributed by atoms with Gasteiger partial charge in [0.15, 0.2) is 0 Å². The molecule has 0 saturated carbocycles. The largest absolute Gasteiger partial charge is 0.449 e. The van der Waals surface area contributed by atoms with Gasteiger partial charge in [0.25, 0.3) is 5.37 Å².